The first-order valence-electron chi connectivity index (χ1n) is 6.03. The summed E-state index contributed by atoms with van der Waals surface area (Å²) in [5.74, 6) is -0.646. The lowest BCUT2D eigenvalue weighted by molar-refractivity contribution is 0.0734. The minimum absolute atomic E-state index is 0.0212. The highest BCUT2D eigenvalue weighted by Crippen LogP contribution is 2.26. The van der Waals surface area contributed by atoms with E-state index in [0.717, 1.165) is 6.26 Å². The highest BCUT2D eigenvalue weighted by Gasteiger charge is 2.15. The highest BCUT2D eigenvalue weighted by molar-refractivity contribution is 7.90. The number of benzene rings is 2. The van der Waals surface area contributed by atoms with Gasteiger partial charge in [-0.05, 0) is 36.4 Å². The van der Waals surface area contributed by atoms with Crippen LogP contribution in [0.4, 0.5) is 0 Å². The van der Waals surface area contributed by atoms with Gasteiger partial charge in [0.25, 0.3) is 0 Å². The van der Waals surface area contributed by atoms with Crippen LogP contribution in [0, 0.1) is 11.3 Å². The zero-order valence-corrected chi connectivity index (χ0v) is 13.0. The van der Waals surface area contributed by atoms with Crippen molar-refractivity contribution in [2.24, 2.45) is 0 Å². The molecule has 2 aromatic rings. The van der Waals surface area contributed by atoms with Crippen molar-refractivity contribution >= 4 is 27.4 Å². The van der Waals surface area contributed by atoms with Crippen molar-refractivity contribution in [3.05, 3.63) is 58.6 Å². The van der Waals surface area contributed by atoms with Gasteiger partial charge in [0.05, 0.1) is 27.1 Å². The third-order valence-corrected chi connectivity index (χ3v) is 4.17. The summed E-state index contributed by atoms with van der Waals surface area (Å²) >= 11 is 5.92. The van der Waals surface area contributed by atoms with Crippen molar-refractivity contribution in [2.75, 3.05) is 6.26 Å². The van der Waals surface area contributed by atoms with E-state index >= 15 is 0 Å². The van der Waals surface area contributed by atoms with Gasteiger partial charge < -0.3 is 4.74 Å². The number of ether oxygens (including phenoxy) is 1. The van der Waals surface area contributed by atoms with Gasteiger partial charge in [0, 0.05) is 6.26 Å². The Kier molecular flexibility index (Phi) is 4.50. The fraction of sp³-hybridized carbons (Fsp3) is 0.0667. The third kappa shape index (κ3) is 3.64. The molecule has 0 saturated carbocycles. The van der Waals surface area contributed by atoms with E-state index in [1.54, 1.807) is 0 Å². The first-order valence-corrected chi connectivity index (χ1v) is 8.30. The van der Waals surface area contributed by atoms with E-state index in [4.69, 9.17) is 21.6 Å². The van der Waals surface area contributed by atoms with Crippen LogP contribution in [0.5, 0.6) is 5.75 Å². The van der Waals surface area contributed by atoms with E-state index in [1.165, 1.54) is 42.5 Å². The molecule has 0 N–H and O–H groups in total. The standard InChI is InChI=1S/C15H10ClNO4S/c1-22(19,20)12-4-2-3-11(8-12)15(18)21-14-6-5-10(9-17)7-13(14)16/h2-8H,1H3. The normalized spacial score (nSPS) is 10.8. The van der Waals surface area contributed by atoms with Crippen LogP contribution >= 0.6 is 11.6 Å². The molecule has 2 rings (SSSR count). The molecular weight excluding hydrogens is 326 g/mol. The molecule has 0 spiro atoms. The monoisotopic (exact) mass is 335 g/mol. The summed E-state index contributed by atoms with van der Waals surface area (Å²) in [6.07, 6.45) is 1.05. The number of hydrogen-bond acceptors (Lipinski definition) is 5. The smallest absolute Gasteiger partial charge is 0.343 e. The molecular formula is C15H10ClNO4S. The number of rotatable bonds is 3. The van der Waals surface area contributed by atoms with Crippen molar-refractivity contribution < 1.29 is 17.9 Å². The number of nitriles is 1. The lowest BCUT2D eigenvalue weighted by Gasteiger charge is -2.07. The average molecular weight is 336 g/mol. The van der Waals surface area contributed by atoms with Crippen LogP contribution in [0.15, 0.2) is 47.4 Å². The molecule has 0 radical (unpaired) electrons. The molecule has 5 nitrogen and oxygen atoms in total. The summed E-state index contributed by atoms with van der Waals surface area (Å²) in [6, 6.07) is 11.7. The first kappa shape index (κ1) is 16.0. The van der Waals surface area contributed by atoms with Crippen LogP contribution in [-0.4, -0.2) is 20.6 Å². The second-order valence-electron chi connectivity index (χ2n) is 4.45. The van der Waals surface area contributed by atoms with Crippen LogP contribution in [0.25, 0.3) is 0 Å². The molecule has 2 aromatic carbocycles. The third-order valence-electron chi connectivity index (χ3n) is 2.76. The second kappa shape index (κ2) is 6.18. The summed E-state index contributed by atoms with van der Waals surface area (Å²) in [6.45, 7) is 0. The fourth-order valence-electron chi connectivity index (χ4n) is 1.67. The summed E-state index contributed by atoms with van der Waals surface area (Å²) in [4.78, 5) is 12.1. The van der Waals surface area contributed by atoms with Crippen molar-refractivity contribution in [3.8, 4) is 11.8 Å². The van der Waals surface area contributed by atoms with Gasteiger partial charge in [-0.2, -0.15) is 5.26 Å². The molecule has 0 bridgehead atoms. The summed E-state index contributed by atoms with van der Waals surface area (Å²) < 4.78 is 28.1. The number of esters is 1. The van der Waals surface area contributed by atoms with Gasteiger partial charge in [-0.1, -0.05) is 17.7 Å². The summed E-state index contributed by atoms with van der Waals surface area (Å²) in [5.41, 5.74) is 0.423. The molecule has 7 heteroatoms. The molecule has 0 fully saturated rings. The molecule has 112 valence electrons. The Bertz CT molecular complexity index is 885. The number of hydrogen-bond donors (Lipinski definition) is 0. The number of halogens is 1. The fourth-order valence-corrected chi connectivity index (χ4v) is 2.55. The number of sulfone groups is 1. The average Bonchev–Trinajstić information content (AvgIpc) is 2.48. The topological polar surface area (TPSA) is 84.2 Å². The Morgan fingerprint density at radius 3 is 2.55 bits per heavy atom. The zero-order valence-electron chi connectivity index (χ0n) is 11.4. The Balaban J connectivity index is 2.29. The second-order valence-corrected chi connectivity index (χ2v) is 6.87. The van der Waals surface area contributed by atoms with Crippen molar-refractivity contribution in [1.29, 1.82) is 5.26 Å². The Morgan fingerprint density at radius 2 is 1.95 bits per heavy atom. The van der Waals surface area contributed by atoms with E-state index in [1.807, 2.05) is 6.07 Å². The largest absolute Gasteiger partial charge is 0.421 e. The number of carbonyl (C=O) groups excluding carboxylic acids is 1. The predicted molar refractivity (Wildman–Crippen MR) is 80.7 cm³/mol. The van der Waals surface area contributed by atoms with Gasteiger partial charge in [0.2, 0.25) is 0 Å². The zero-order chi connectivity index (χ0) is 16.3. The first-order chi connectivity index (χ1) is 10.3. The molecule has 0 aliphatic heterocycles. The van der Waals surface area contributed by atoms with E-state index in [9.17, 15) is 13.2 Å². The van der Waals surface area contributed by atoms with Crippen molar-refractivity contribution in [2.45, 2.75) is 4.90 Å². The highest BCUT2D eigenvalue weighted by atomic mass is 35.5. The van der Waals surface area contributed by atoms with E-state index in [0.29, 0.717) is 5.56 Å². The number of nitrogens with zero attached hydrogens (tertiary/aromatic N) is 1. The summed E-state index contributed by atoms with van der Waals surface area (Å²) in [5, 5.41) is 8.86. The molecule has 0 aliphatic carbocycles. The van der Waals surface area contributed by atoms with Gasteiger partial charge in [-0.3, -0.25) is 0 Å². The van der Waals surface area contributed by atoms with Crippen molar-refractivity contribution in [3.63, 3.8) is 0 Å². The van der Waals surface area contributed by atoms with Gasteiger partial charge in [0.15, 0.2) is 9.84 Å². The Morgan fingerprint density at radius 1 is 1.23 bits per heavy atom. The molecule has 0 amide bonds. The lowest BCUT2D eigenvalue weighted by Crippen LogP contribution is -2.10. The van der Waals surface area contributed by atoms with Gasteiger partial charge in [0.1, 0.15) is 5.75 Å². The van der Waals surface area contributed by atoms with E-state index in [2.05, 4.69) is 0 Å². The molecule has 0 aliphatic rings. The van der Waals surface area contributed by atoms with Crippen LogP contribution in [-0.2, 0) is 9.84 Å². The number of carbonyl (C=O) groups is 1. The SMILES string of the molecule is CS(=O)(=O)c1cccc(C(=O)Oc2ccc(C#N)cc2Cl)c1. The van der Waals surface area contributed by atoms with Crippen LogP contribution in [0.3, 0.4) is 0 Å². The maximum atomic E-state index is 12.1. The van der Waals surface area contributed by atoms with Crippen molar-refractivity contribution in [1.82, 2.24) is 0 Å². The summed E-state index contributed by atoms with van der Waals surface area (Å²) in [7, 11) is -3.42. The Hall–Kier alpha value is -2.36. The molecule has 0 unspecified atom stereocenters. The quantitative estimate of drug-likeness (QED) is 0.636. The van der Waals surface area contributed by atoms with E-state index in [-0.39, 0.29) is 21.2 Å². The van der Waals surface area contributed by atoms with Gasteiger partial charge in [-0.15, -0.1) is 0 Å². The van der Waals surface area contributed by atoms with Crippen LogP contribution < -0.4 is 4.74 Å². The predicted octanol–water partition coefficient (Wildman–Crippen LogP) is 2.83. The minimum Gasteiger partial charge on any atom is -0.421 e. The molecule has 0 aromatic heterocycles. The van der Waals surface area contributed by atoms with Crippen LogP contribution in [0.2, 0.25) is 5.02 Å². The van der Waals surface area contributed by atoms with Gasteiger partial charge in [-0.25, -0.2) is 13.2 Å². The Labute approximate surface area is 132 Å². The van der Waals surface area contributed by atoms with Gasteiger partial charge >= 0.3 is 5.97 Å². The lowest BCUT2D eigenvalue weighted by atomic mass is 10.2. The maximum absolute atomic E-state index is 12.1. The molecule has 0 saturated heterocycles. The minimum atomic E-state index is -3.42. The molecule has 0 atom stereocenters. The maximum Gasteiger partial charge on any atom is 0.343 e. The molecule has 22 heavy (non-hydrogen) atoms. The van der Waals surface area contributed by atoms with E-state index < -0.39 is 15.8 Å². The van der Waals surface area contributed by atoms with Crippen LogP contribution in [0.1, 0.15) is 15.9 Å². The molecule has 0 heterocycles.